The maximum absolute atomic E-state index is 12.4. The van der Waals surface area contributed by atoms with Crippen LogP contribution < -0.4 is 10.9 Å². The molecule has 26 heavy (non-hydrogen) atoms. The van der Waals surface area contributed by atoms with Crippen molar-refractivity contribution >= 4 is 33.6 Å². The smallest absolute Gasteiger partial charge is 0.305 e. The van der Waals surface area contributed by atoms with E-state index in [2.05, 4.69) is 10.9 Å². The van der Waals surface area contributed by atoms with Gasteiger partial charge in [-0.3, -0.25) is 20.4 Å². The summed E-state index contributed by atoms with van der Waals surface area (Å²) in [7, 11) is 0. The van der Waals surface area contributed by atoms with Crippen LogP contribution in [0, 0.1) is 6.92 Å². The highest BCUT2D eigenvalue weighted by Gasteiger charge is 2.18. The lowest BCUT2D eigenvalue weighted by molar-refractivity contribution is 0.0831. The number of amides is 2. The Hall–Kier alpha value is -3.60. The molecule has 5 nitrogen and oxygen atoms in total. The second-order valence-corrected chi connectivity index (χ2v) is 6.02. The summed E-state index contributed by atoms with van der Waals surface area (Å²) in [5.74, 6) is -0.698. The lowest BCUT2D eigenvalue weighted by atomic mass is 10.1. The monoisotopic (exact) mass is 344 g/mol. The molecule has 0 aliphatic carbocycles. The quantitative estimate of drug-likeness (QED) is 0.541. The SMILES string of the molecule is Cc1c(C(=O)NNC(=O)c2ccc3ccccc3c2)oc2ccccc12. The predicted molar refractivity (Wildman–Crippen MR) is 99.8 cm³/mol. The fraction of sp³-hybridized carbons (Fsp3) is 0.0476. The Labute approximate surface area is 149 Å². The van der Waals surface area contributed by atoms with E-state index in [4.69, 9.17) is 4.42 Å². The average Bonchev–Trinajstić information content (AvgIpc) is 3.02. The molecule has 2 amide bonds. The average molecular weight is 344 g/mol. The van der Waals surface area contributed by atoms with Gasteiger partial charge in [0.15, 0.2) is 5.76 Å². The minimum absolute atomic E-state index is 0.185. The molecule has 0 aliphatic rings. The zero-order valence-corrected chi connectivity index (χ0v) is 14.1. The third-order valence-electron chi connectivity index (χ3n) is 4.35. The molecular weight excluding hydrogens is 328 g/mol. The second kappa shape index (κ2) is 6.37. The largest absolute Gasteiger partial charge is 0.451 e. The third-order valence-corrected chi connectivity index (χ3v) is 4.35. The number of furan rings is 1. The molecule has 0 saturated heterocycles. The van der Waals surface area contributed by atoms with Crippen molar-refractivity contribution in [3.63, 3.8) is 0 Å². The van der Waals surface area contributed by atoms with Crippen molar-refractivity contribution < 1.29 is 14.0 Å². The van der Waals surface area contributed by atoms with Crippen molar-refractivity contribution in [3.05, 3.63) is 83.6 Å². The predicted octanol–water partition coefficient (Wildman–Crippen LogP) is 3.97. The number of carbonyl (C=O) groups is 2. The molecule has 4 aromatic rings. The fourth-order valence-electron chi connectivity index (χ4n) is 2.96. The van der Waals surface area contributed by atoms with E-state index in [1.165, 1.54) is 0 Å². The molecule has 0 radical (unpaired) electrons. The molecule has 0 spiro atoms. The molecule has 4 rings (SSSR count). The van der Waals surface area contributed by atoms with Crippen LogP contribution in [0.3, 0.4) is 0 Å². The van der Waals surface area contributed by atoms with E-state index in [1.54, 1.807) is 18.2 Å². The van der Waals surface area contributed by atoms with Gasteiger partial charge in [-0.05, 0) is 35.9 Å². The summed E-state index contributed by atoms with van der Waals surface area (Å²) >= 11 is 0. The van der Waals surface area contributed by atoms with Crippen molar-refractivity contribution in [3.8, 4) is 0 Å². The highest BCUT2D eigenvalue weighted by Crippen LogP contribution is 2.24. The Morgan fingerprint density at radius 3 is 2.31 bits per heavy atom. The van der Waals surface area contributed by atoms with Gasteiger partial charge in [0, 0.05) is 16.5 Å². The molecule has 128 valence electrons. The Kier molecular flexibility index (Phi) is 3.89. The first kappa shape index (κ1) is 15.9. The van der Waals surface area contributed by atoms with Crippen LogP contribution in [0.4, 0.5) is 0 Å². The van der Waals surface area contributed by atoms with Gasteiger partial charge in [0.05, 0.1) is 0 Å². The normalized spacial score (nSPS) is 10.8. The molecule has 0 saturated carbocycles. The van der Waals surface area contributed by atoms with Gasteiger partial charge in [0.1, 0.15) is 5.58 Å². The van der Waals surface area contributed by atoms with Crippen molar-refractivity contribution in [2.45, 2.75) is 6.92 Å². The van der Waals surface area contributed by atoms with Crippen LogP contribution in [0.25, 0.3) is 21.7 Å². The molecule has 0 bridgehead atoms. The lowest BCUT2D eigenvalue weighted by Gasteiger charge is -2.07. The molecule has 1 heterocycles. The minimum atomic E-state index is -0.493. The molecular formula is C21H16N2O3. The number of hydrogen-bond donors (Lipinski definition) is 2. The third kappa shape index (κ3) is 2.80. The molecule has 1 aromatic heterocycles. The van der Waals surface area contributed by atoms with Gasteiger partial charge in [-0.2, -0.15) is 0 Å². The summed E-state index contributed by atoms with van der Waals surface area (Å²) in [6.07, 6.45) is 0. The van der Waals surface area contributed by atoms with Crippen LogP contribution in [0.5, 0.6) is 0 Å². The number of rotatable bonds is 2. The van der Waals surface area contributed by atoms with Gasteiger partial charge in [-0.15, -0.1) is 0 Å². The van der Waals surface area contributed by atoms with Crippen molar-refractivity contribution in [1.82, 2.24) is 10.9 Å². The van der Waals surface area contributed by atoms with Gasteiger partial charge >= 0.3 is 5.91 Å². The van der Waals surface area contributed by atoms with E-state index in [9.17, 15) is 9.59 Å². The summed E-state index contributed by atoms with van der Waals surface area (Å²) in [5, 5.41) is 2.88. The van der Waals surface area contributed by atoms with Gasteiger partial charge in [0.2, 0.25) is 0 Å². The second-order valence-electron chi connectivity index (χ2n) is 6.02. The number of nitrogens with one attached hydrogen (secondary N) is 2. The molecule has 0 aliphatic heterocycles. The van der Waals surface area contributed by atoms with Gasteiger partial charge in [-0.1, -0.05) is 48.5 Å². The van der Waals surface area contributed by atoms with Crippen molar-refractivity contribution in [2.75, 3.05) is 0 Å². The first-order valence-electron chi connectivity index (χ1n) is 8.21. The summed E-state index contributed by atoms with van der Waals surface area (Å²) in [6.45, 7) is 1.81. The summed E-state index contributed by atoms with van der Waals surface area (Å²) in [5.41, 5.74) is 6.68. The number of hydrogen-bond acceptors (Lipinski definition) is 3. The summed E-state index contributed by atoms with van der Waals surface area (Å²) in [6, 6.07) is 20.5. The van der Waals surface area contributed by atoms with Crippen LogP contribution in [0.1, 0.15) is 26.5 Å². The fourth-order valence-corrected chi connectivity index (χ4v) is 2.96. The molecule has 0 unspecified atom stereocenters. The van der Waals surface area contributed by atoms with E-state index in [1.807, 2.05) is 55.5 Å². The zero-order valence-electron chi connectivity index (χ0n) is 14.1. The van der Waals surface area contributed by atoms with Crippen LogP contribution in [0.15, 0.2) is 71.1 Å². The standard InChI is InChI=1S/C21H16N2O3/c1-13-17-8-4-5-9-18(17)26-19(13)21(25)23-22-20(24)16-11-10-14-6-2-3-7-15(14)12-16/h2-12H,1H3,(H,22,24)(H,23,25). The number of fused-ring (bicyclic) bond motifs is 2. The van der Waals surface area contributed by atoms with E-state index < -0.39 is 11.8 Å². The number of hydrazine groups is 1. The number of para-hydroxylation sites is 1. The van der Waals surface area contributed by atoms with Crippen molar-refractivity contribution in [1.29, 1.82) is 0 Å². The minimum Gasteiger partial charge on any atom is -0.451 e. The first-order valence-corrected chi connectivity index (χ1v) is 8.21. The highest BCUT2D eigenvalue weighted by molar-refractivity contribution is 6.02. The highest BCUT2D eigenvalue weighted by atomic mass is 16.3. The zero-order chi connectivity index (χ0) is 18.1. The van der Waals surface area contributed by atoms with E-state index in [-0.39, 0.29) is 5.76 Å². The first-order chi connectivity index (χ1) is 12.6. The molecule has 3 aromatic carbocycles. The molecule has 2 N–H and O–H groups in total. The molecule has 5 heteroatoms. The molecule has 0 fully saturated rings. The Bertz CT molecular complexity index is 1140. The van der Waals surface area contributed by atoms with Gasteiger partial charge in [-0.25, -0.2) is 0 Å². The molecule has 0 atom stereocenters. The van der Waals surface area contributed by atoms with Crippen LogP contribution >= 0.6 is 0 Å². The van der Waals surface area contributed by atoms with Crippen LogP contribution in [-0.2, 0) is 0 Å². The van der Waals surface area contributed by atoms with Gasteiger partial charge in [0.25, 0.3) is 5.91 Å². The Morgan fingerprint density at radius 1 is 0.808 bits per heavy atom. The summed E-state index contributed by atoms with van der Waals surface area (Å²) in [4.78, 5) is 24.7. The van der Waals surface area contributed by atoms with Gasteiger partial charge < -0.3 is 4.42 Å². The van der Waals surface area contributed by atoms with E-state index >= 15 is 0 Å². The van der Waals surface area contributed by atoms with E-state index in [0.717, 1.165) is 21.7 Å². The lowest BCUT2D eigenvalue weighted by Crippen LogP contribution is -2.41. The Morgan fingerprint density at radius 2 is 1.50 bits per heavy atom. The topological polar surface area (TPSA) is 71.3 Å². The van der Waals surface area contributed by atoms with Crippen LogP contribution in [-0.4, -0.2) is 11.8 Å². The van der Waals surface area contributed by atoms with E-state index in [0.29, 0.717) is 11.1 Å². The Balaban J connectivity index is 1.50. The summed E-state index contributed by atoms with van der Waals surface area (Å²) < 4.78 is 5.59. The maximum atomic E-state index is 12.4. The van der Waals surface area contributed by atoms with Crippen molar-refractivity contribution in [2.24, 2.45) is 0 Å². The van der Waals surface area contributed by atoms with Crippen LogP contribution in [0.2, 0.25) is 0 Å². The number of aryl methyl sites for hydroxylation is 1. The number of benzene rings is 3. The maximum Gasteiger partial charge on any atom is 0.305 e. The number of carbonyl (C=O) groups excluding carboxylic acids is 2.